The number of hydrogen-bond acceptors (Lipinski definition) is 4. The molecule has 1 aromatic carbocycles. The first-order chi connectivity index (χ1) is 10.7. The number of nitriles is 4. The van der Waals surface area contributed by atoms with Crippen LogP contribution < -0.4 is 0 Å². The van der Waals surface area contributed by atoms with Crippen molar-refractivity contribution in [2.24, 2.45) is 0 Å². The lowest BCUT2D eigenvalue weighted by Gasteiger charge is -1.90. The molecule has 0 N–H and O–H groups in total. The maximum Gasteiger partial charge on any atom is 0.130 e. The molecule has 1 rings (SSSR count). The lowest BCUT2D eigenvalue weighted by Crippen LogP contribution is -1.74. The second-order valence-corrected chi connectivity index (χ2v) is 4.00. The van der Waals surface area contributed by atoms with Crippen LogP contribution >= 0.6 is 0 Å². The first-order valence-corrected chi connectivity index (χ1v) is 6.20. The topological polar surface area (TPSA) is 95.2 Å². The molecule has 0 saturated heterocycles. The summed E-state index contributed by atoms with van der Waals surface area (Å²) in [5.41, 5.74) is 1.47. The van der Waals surface area contributed by atoms with E-state index >= 15 is 0 Å². The largest absolute Gasteiger partial charge is 0.192 e. The number of rotatable bonds is 2. The Hall–Kier alpha value is -3.86. The summed E-state index contributed by atoms with van der Waals surface area (Å²) >= 11 is 0. The van der Waals surface area contributed by atoms with Crippen LogP contribution in [0.2, 0.25) is 0 Å². The Morgan fingerprint density at radius 2 is 0.864 bits per heavy atom. The second kappa shape index (κ2) is 9.11. The highest BCUT2D eigenvalue weighted by molar-refractivity contribution is 5.62. The molecule has 0 aliphatic carbocycles. The minimum Gasteiger partial charge on any atom is -0.192 e. The molecule has 0 saturated carbocycles. The summed E-state index contributed by atoms with van der Waals surface area (Å²) in [6, 6.07) is 21.2. The normalized spacial score (nSPS) is 7.82. The van der Waals surface area contributed by atoms with Crippen molar-refractivity contribution in [1.82, 2.24) is 0 Å². The van der Waals surface area contributed by atoms with Gasteiger partial charge in [-0.3, -0.25) is 0 Å². The fraction of sp³-hybridized carbons (Fsp3) is 0. The van der Waals surface area contributed by atoms with Crippen molar-refractivity contribution in [3.8, 4) is 24.3 Å². The van der Waals surface area contributed by atoms with Gasteiger partial charge in [-0.05, 0) is 23.3 Å². The zero-order valence-corrected chi connectivity index (χ0v) is 11.6. The molecule has 0 amide bonds. The molecule has 0 heterocycles. The average molecular weight is 282 g/mol. The third-order valence-corrected chi connectivity index (χ3v) is 2.48. The fourth-order valence-electron chi connectivity index (χ4n) is 1.48. The second-order valence-electron chi connectivity index (χ2n) is 4.00. The van der Waals surface area contributed by atoms with Crippen LogP contribution in [-0.2, 0) is 0 Å². The fourth-order valence-corrected chi connectivity index (χ4v) is 1.48. The molecule has 22 heavy (non-hydrogen) atoms. The van der Waals surface area contributed by atoms with E-state index in [0.29, 0.717) is 11.1 Å². The predicted octanol–water partition coefficient (Wildman–Crippen LogP) is 3.67. The van der Waals surface area contributed by atoms with Gasteiger partial charge < -0.3 is 0 Å². The van der Waals surface area contributed by atoms with Gasteiger partial charge in [0.25, 0.3) is 0 Å². The molecule has 0 aliphatic heterocycles. The summed E-state index contributed by atoms with van der Waals surface area (Å²) in [6.45, 7) is 0. The van der Waals surface area contributed by atoms with Crippen molar-refractivity contribution < 1.29 is 0 Å². The van der Waals surface area contributed by atoms with E-state index in [0.717, 1.165) is 0 Å². The summed E-state index contributed by atoms with van der Waals surface area (Å²) in [5, 5.41) is 35.0. The van der Waals surface area contributed by atoms with Gasteiger partial charge in [-0.15, -0.1) is 0 Å². The van der Waals surface area contributed by atoms with Gasteiger partial charge in [0.05, 0.1) is 0 Å². The standard InChI is InChI=1S/C18H10N4/c19-11-17(12-20)9-15-5-1-2-6-16(8-4-3-7-15)10-18(13-21)14-22/h1-10H. The van der Waals surface area contributed by atoms with Gasteiger partial charge in [0.15, 0.2) is 0 Å². The lowest BCUT2D eigenvalue weighted by molar-refractivity contribution is 1.47. The Balaban J connectivity index is 3.30. The van der Waals surface area contributed by atoms with Crippen molar-refractivity contribution in [3.05, 3.63) is 70.8 Å². The summed E-state index contributed by atoms with van der Waals surface area (Å²) < 4.78 is 0. The highest BCUT2D eigenvalue weighted by Gasteiger charge is 1.92. The van der Waals surface area contributed by atoms with Gasteiger partial charge in [-0.2, -0.15) is 21.0 Å². The Kier molecular flexibility index (Phi) is 6.71. The summed E-state index contributed by atoms with van der Waals surface area (Å²) in [5.74, 6) is 0. The third-order valence-electron chi connectivity index (χ3n) is 2.48. The van der Waals surface area contributed by atoms with Gasteiger partial charge in [0, 0.05) is 0 Å². The maximum absolute atomic E-state index is 8.76. The van der Waals surface area contributed by atoms with E-state index in [2.05, 4.69) is 0 Å². The van der Waals surface area contributed by atoms with Crippen molar-refractivity contribution in [3.63, 3.8) is 0 Å². The van der Waals surface area contributed by atoms with Crippen LogP contribution in [0.15, 0.2) is 59.7 Å². The zero-order valence-electron chi connectivity index (χ0n) is 11.6. The van der Waals surface area contributed by atoms with Crippen LogP contribution in [0, 0.1) is 45.3 Å². The van der Waals surface area contributed by atoms with Crippen LogP contribution in [0.5, 0.6) is 0 Å². The number of allylic oxidation sites excluding steroid dienone is 2. The van der Waals surface area contributed by atoms with E-state index in [4.69, 9.17) is 21.0 Å². The summed E-state index contributed by atoms with van der Waals surface area (Å²) in [6.07, 6.45) is 2.98. The molecule has 102 valence electrons. The van der Waals surface area contributed by atoms with Gasteiger partial charge in [-0.1, -0.05) is 48.5 Å². The van der Waals surface area contributed by atoms with Gasteiger partial charge in [0.2, 0.25) is 0 Å². The van der Waals surface area contributed by atoms with Crippen LogP contribution in [0.1, 0.15) is 11.1 Å². The van der Waals surface area contributed by atoms with E-state index in [9.17, 15) is 0 Å². The van der Waals surface area contributed by atoms with E-state index in [1.165, 1.54) is 12.2 Å². The first kappa shape index (κ1) is 16.2. The average Bonchev–Trinajstić information content (AvgIpc) is 2.56. The quantitative estimate of drug-likeness (QED) is 0.773. The SMILES string of the molecule is N#CC(C#N)=Cc1ccccc(C=C(C#N)C#N)cccc1. The van der Waals surface area contributed by atoms with Crippen molar-refractivity contribution in [2.45, 2.75) is 0 Å². The van der Waals surface area contributed by atoms with Gasteiger partial charge in [-0.25, -0.2) is 0 Å². The van der Waals surface area contributed by atoms with Crippen LogP contribution in [0.3, 0.4) is 0 Å². The highest BCUT2D eigenvalue weighted by atomic mass is 14.3. The van der Waals surface area contributed by atoms with Gasteiger partial charge in [0.1, 0.15) is 35.4 Å². The minimum atomic E-state index is 0.0252. The summed E-state index contributed by atoms with van der Waals surface area (Å²) in [7, 11) is 0. The molecule has 0 aliphatic rings. The highest BCUT2D eigenvalue weighted by Crippen LogP contribution is 2.06. The van der Waals surface area contributed by atoms with Crippen LogP contribution in [0.4, 0.5) is 0 Å². The monoisotopic (exact) mass is 282 g/mol. The molecule has 0 unspecified atom stereocenters. The molecule has 0 spiro atoms. The lowest BCUT2D eigenvalue weighted by atomic mass is 10.1. The molecular formula is C18H10N4. The van der Waals surface area contributed by atoms with Crippen molar-refractivity contribution >= 4 is 12.2 Å². The van der Waals surface area contributed by atoms with Gasteiger partial charge >= 0.3 is 0 Å². The van der Waals surface area contributed by atoms with E-state index in [1.54, 1.807) is 72.8 Å². The third kappa shape index (κ3) is 5.41. The molecule has 0 radical (unpaired) electrons. The van der Waals surface area contributed by atoms with E-state index in [-0.39, 0.29) is 11.1 Å². The Morgan fingerprint density at radius 1 is 0.591 bits per heavy atom. The zero-order chi connectivity index (χ0) is 16.2. The first-order valence-electron chi connectivity index (χ1n) is 6.20. The Bertz CT molecular complexity index is 702. The molecule has 4 nitrogen and oxygen atoms in total. The Morgan fingerprint density at radius 3 is 1.09 bits per heavy atom. The van der Waals surface area contributed by atoms with Crippen molar-refractivity contribution in [2.75, 3.05) is 0 Å². The smallest absolute Gasteiger partial charge is 0.130 e. The molecule has 1 aromatic rings. The Labute approximate surface area is 129 Å². The van der Waals surface area contributed by atoms with Crippen LogP contribution in [-0.4, -0.2) is 0 Å². The van der Waals surface area contributed by atoms with Crippen LogP contribution in [0.25, 0.3) is 12.2 Å². The molecule has 0 atom stereocenters. The molecule has 4 heteroatoms. The van der Waals surface area contributed by atoms with E-state index in [1.807, 2.05) is 0 Å². The molecule has 0 fully saturated rings. The van der Waals surface area contributed by atoms with Crippen molar-refractivity contribution in [1.29, 1.82) is 21.0 Å². The molecular weight excluding hydrogens is 272 g/mol. The molecule has 0 bridgehead atoms. The minimum absolute atomic E-state index is 0.0252. The predicted molar refractivity (Wildman–Crippen MR) is 82.5 cm³/mol. The number of hydrogen-bond donors (Lipinski definition) is 0. The number of nitrogens with zero attached hydrogens (tertiary/aromatic N) is 4. The maximum atomic E-state index is 8.76. The molecule has 0 aromatic heterocycles. The van der Waals surface area contributed by atoms with E-state index < -0.39 is 0 Å². The summed E-state index contributed by atoms with van der Waals surface area (Å²) in [4.78, 5) is 0.